The van der Waals surface area contributed by atoms with Crippen molar-refractivity contribution < 1.29 is 19.7 Å². The third kappa shape index (κ3) is 2.29. The summed E-state index contributed by atoms with van der Waals surface area (Å²) in [7, 11) is 0. The molecular formula is C27H32N2O4. The lowest BCUT2D eigenvalue weighted by atomic mass is 9.48. The van der Waals surface area contributed by atoms with Crippen LogP contribution in [0.1, 0.15) is 56.1 Å². The third-order valence-electron chi connectivity index (χ3n) is 9.77. The van der Waals surface area contributed by atoms with Gasteiger partial charge in [0, 0.05) is 30.3 Å². The average Bonchev–Trinajstić information content (AvgIpc) is 3.33. The molecule has 1 aromatic rings. The Morgan fingerprint density at radius 1 is 1.24 bits per heavy atom. The van der Waals surface area contributed by atoms with Crippen LogP contribution in [0.15, 0.2) is 35.9 Å². The molecule has 0 aromatic heterocycles. The van der Waals surface area contributed by atoms with Gasteiger partial charge in [-0.15, -0.1) is 6.58 Å². The molecule has 3 aliphatic heterocycles. The Labute approximate surface area is 194 Å². The number of carbonyl (C=O) groups is 1. The fourth-order valence-corrected chi connectivity index (χ4v) is 8.43. The number of rotatable bonds is 3. The predicted molar refractivity (Wildman–Crippen MR) is 123 cm³/mol. The highest BCUT2D eigenvalue weighted by atomic mass is 16.5. The van der Waals surface area contributed by atoms with Gasteiger partial charge in [-0.25, -0.2) is 0 Å². The zero-order valence-electron chi connectivity index (χ0n) is 19.1. The maximum atomic E-state index is 13.5. The van der Waals surface area contributed by atoms with Crippen molar-refractivity contribution in [2.75, 3.05) is 19.6 Å². The minimum Gasteiger partial charge on any atom is -0.504 e. The highest BCUT2D eigenvalue weighted by Gasteiger charge is 2.73. The van der Waals surface area contributed by atoms with Gasteiger partial charge in [0.1, 0.15) is 6.10 Å². The number of ether oxygens (including phenoxy) is 1. The van der Waals surface area contributed by atoms with Gasteiger partial charge in [0.15, 0.2) is 11.5 Å². The van der Waals surface area contributed by atoms with Crippen molar-refractivity contribution in [2.24, 2.45) is 0 Å². The summed E-state index contributed by atoms with van der Waals surface area (Å²) in [6.07, 6.45) is 8.62. The van der Waals surface area contributed by atoms with Crippen molar-refractivity contribution in [1.29, 1.82) is 0 Å². The number of amides is 1. The van der Waals surface area contributed by atoms with E-state index in [0.29, 0.717) is 18.7 Å². The fraction of sp³-hybridized carbons (Fsp3) is 0.593. The lowest BCUT2D eigenvalue weighted by molar-refractivity contribution is -0.198. The smallest absolute Gasteiger partial charge is 0.250 e. The van der Waals surface area contributed by atoms with E-state index in [4.69, 9.17) is 4.74 Å². The Balaban J connectivity index is 1.36. The molecule has 6 heteroatoms. The van der Waals surface area contributed by atoms with Crippen molar-refractivity contribution in [3.8, 4) is 11.5 Å². The third-order valence-corrected chi connectivity index (χ3v) is 9.77. The van der Waals surface area contributed by atoms with Crippen LogP contribution >= 0.6 is 0 Å². The minimum absolute atomic E-state index is 0.0140. The second-order valence-electron chi connectivity index (χ2n) is 11.0. The molecular weight excluding hydrogens is 416 g/mol. The van der Waals surface area contributed by atoms with Crippen LogP contribution < -0.4 is 4.74 Å². The number of phenols is 1. The van der Waals surface area contributed by atoms with Crippen molar-refractivity contribution in [3.05, 3.63) is 47.1 Å². The van der Waals surface area contributed by atoms with Crippen LogP contribution in [0.5, 0.6) is 11.5 Å². The Morgan fingerprint density at radius 3 is 2.91 bits per heavy atom. The van der Waals surface area contributed by atoms with Gasteiger partial charge in [0.25, 0.3) is 0 Å². The highest BCUT2D eigenvalue weighted by molar-refractivity contribution is 5.97. The van der Waals surface area contributed by atoms with E-state index in [1.165, 1.54) is 11.1 Å². The number of aromatic hydroxyl groups is 1. The first kappa shape index (κ1) is 20.1. The zero-order chi connectivity index (χ0) is 22.5. The number of phenolic OH excluding ortho intramolecular Hbond substituents is 1. The Morgan fingerprint density at radius 2 is 2.09 bits per heavy atom. The monoisotopic (exact) mass is 448 g/mol. The van der Waals surface area contributed by atoms with E-state index in [0.717, 1.165) is 69.2 Å². The molecule has 7 rings (SSSR count). The summed E-state index contributed by atoms with van der Waals surface area (Å²) in [6, 6.07) is 3.64. The first-order valence-corrected chi connectivity index (χ1v) is 12.6. The molecule has 6 nitrogen and oxygen atoms in total. The molecule has 1 unspecified atom stereocenters. The highest BCUT2D eigenvalue weighted by Crippen LogP contribution is 2.66. The number of benzene rings is 1. The van der Waals surface area contributed by atoms with E-state index in [2.05, 4.69) is 16.4 Å². The van der Waals surface area contributed by atoms with Gasteiger partial charge in [-0.05, 0) is 75.1 Å². The average molecular weight is 449 g/mol. The van der Waals surface area contributed by atoms with Gasteiger partial charge < -0.3 is 19.8 Å². The molecule has 33 heavy (non-hydrogen) atoms. The summed E-state index contributed by atoms with van der Waals surface area (Å²) in [5, 5.41) is 23.3. The number of hydrogen-bond donors (Lipinski definition) is 2. The van der Waals surface area contributed by atoms with Gasteiger partial charge in [-0.2, -0.15) is 0 Å². The summed E-state index contributed by atoms with van der Waals surface area (Å²) in [5.41, 5.74) is 2.98. The lowest BCUT2D eigenvalue weighted by Crippen LogP contribution is -2.78. The van der Waals surface area contributed by atoms with Crippen molar-refractivity contribution in [2.45, 2.75) is 80.6 Å². The van der Waals surface area contributed by atoms with Gasteiger partial charge in [0.05, 0.1) is 17.1 Å². The Bertz CT molecular complexity index is 1110. The molecule has 1 saturated heterocycles. The molecule has 1 aromatic carbocycles. The SMILES string of the molecule is C=CCN1CC[C@]23c4c5ccc(O)c4O[C@H]2C(N2CC4=C(CCCC4)C2=O)CC[C@@]3(O)[C@H]1C5. The molecule has 1 amide bonds. The maximum absolute atomic E-state index is 13.5. The second kappa shape index (κ2) is 6.63. The number of carbonyl (C=O) groups excluding carboxylic acids is 1. The number of piperidine rings is 1. The fourth-order valence-electron chi connectivity index (χ4n) is 8.43. The molecule has 5 atom stereocenters. The summed E-state index contributed by atoms with van der Waals surface area (Å²) < 4.78 is 6.64. The molecule has 1 saturated carbocycles. The second-order valence-corrected chi connectivity index (χ2v) is 11.0. The van der Waals surface area contributed by atoms with Crippen LogP contribution in [0.2, 0.25) is 0 Å². The standard InChI is InChI=1S/C27H32N2O4/c1-2-12-28-13-11-26-22-16-7-8-20(30)23(22)33-24(26)19(9-10-27(26,32)21(28)14-16)29-15-17-5-3-4-6-18(17)25(29)31/h2,7-8,19,21,24,30,32H,1,3-6,9-15H2/t19?,21-,24+,26+,27-/m1/s1. The number of aliphatic hydroxyl groups is 1. The number of hydrogen-bond acceptors (Lipinski definition) is 5. The molecule has 174 valence electrons. The first-order chi connectivity index (χ1) is 16.0. The zero-order valence-corrected chi connectivity index (χ0v) is 19.1. The van der Waals surface area contributed by atoms with E-state index in [9.17, 15) is 15.0 Å². The molecule has 3 aliphatic carbocycles. The van der Waals surface area contributed by atoms with Gasteiger partial charge in [0.2, 0.25) is 5.91 Å². The minimum atomic E-state index is -0.947. The number of nitrogens with zero attached hydrogens (tertiary/aromatic N) is 2. The summed E-state index contributed by atoms with van der Waals surface area (Å²) in [4.78, 5) is 17.9. The van der Waals surface area contributed by atoms with E-state index < -0.39 is 11.0 Å². The van der Waals surface area contributed by atoms with Gasteiger partial charge >= 0.3 is 0 Å². The van der Waals surface area contributed by atoms with Crippen molar-refractivity contribution in [3.63, 3.8) is 0 Å². The molecule has 1 spiro atoms. The Hall–Kier alpha value is -2.31. The van der Waals surface area contributed by atoms with Crippen molar-refractivity contribution >= 4 is 5.91 Å². The van der Waals surface area contributed by atoms with E-state index in [1.54, 1.807) is 6.07 Å². The number of likely N-dealkylation sites (tertiary alicyclic amines) is 1. The van der Waals surface area contributed by atoms with Crippen molar-refractivity contribution in [1.82, 2.24) is 9.80 Å². The van der Waals surface area contributed by atoms with Crippen LogP contribution in [0.3, 0.4) is 0 Å². The molecule has 6 aliphatic rings. The summed E-state index contributed by atoms with van der Waals surface area (Å²) in [5.74, 6) is 0.871. The summed E-state index contributed by atoms with van der Waals surface area (Å²) in [6.45, 7) is 6.25. The van der Waals surface area contributed by atoms with Gasteiger partial charge in [-0.1, -0.05) is 12.1 Å². The molecule has 2 N–H and O–H groups in total. The first-order valence-electron chi connectivity index (χ1n) is 12.6. The topological polar surface area (TPSA) is 73.2 Å². The molecule has 0 radical (unpaired) electrons. The molecule has 3 heterocycles. The van der Waals surface area contributed by atoms with E-state index in [1.807, 2.05) is 12.1 Å². The van der Waals surface area contributed by atoms with Gasteiger partial charge in [-0.3, -0.25) is 9.69 Å². The van der Waals surface area contributed by atoms with Crippen LogP contribution in [0.4, 0.5) is 0 Å². The van der Waals surface area contributed by atoms with Crippen LogP contribution in [0.25, 0.3) is 0 Å². The van der Waals surface area contributed by atoms with Crippen LogP contribution in [0, 0.1) is 0 Å². The van der Waals surface area contributed by atoms with Crippen LogP contribution in [-0.2, 0) is 16.6 Å². The van der Waals surface area contributed by atoms with E-state index in [-0.39, 0.29) is 29.8 Å². The quantitative estimate of drug-likeness (QED) is 0.696. The summed E-state index contributed by atoms with van der Waals surface area (Å²) >= 11 is 0. The largest absolute Gasteiger partial charge is 0.504 e. The van der Waals surface area contributed by atoms with Crippen LogP contribution in [-0.4, -0.2) is 69.3 Å². The maximum Gasteiger partial charge on any atom is 0.250 e. The predicted octanol–water partition coefficient (Wildman–Crippen LogP) is 2.81. The normalized spacial score (nSPS) is 38.8. The molecule has 2 fully saturated rings. The molecule has 2 bridgehead atoms. The van der Waals surface area contributed by atoms with E-state index >= 15 is 0 Å². The Kier molecular flexibility index (Phi) is 4.04. The lowest BCUT2D eigenvalue weighted by Gasteiger charge is -2.64.